The lowest BCUT2D eigenvalue weighted by molar-refractivity contribution is 0.0440. The normalized spacial score (nSPS) is 17.8. The molecule has 0 aromatic heterocycles. The maximum atomic E-state index is 5.46. The molecule has 13 heavy (non-hydrogen) atoms. The molecule has 5 heteroatoms. The van der Waals surface area contributed by atoms with Gasteiger partial charge in [-0.15, -0.1) is 24.8 Å². The van der Waals surface area contributed by atoms with E-state index in [1.165, 1.54) is 0 Å². The molecule has 0 saturated carbocycles. The lowest BCUT2D eigenvalue weighted by atomic mass is 10.1. The van der Waals surface area contributed by atoms with Crippen LogP contribution in [0.15, 0.2) is 0 Å². The van der Waals surface area contributed by atoms with E-state index in [1.54, 1.807) is 0 Å². The third kappa shape index (κ3) is 5.70. The molecule has 0 amide bonds. The van der Waals surface area contributed by atoms with Crippen molar-refractivity contribution in [2.45, 2.75) is 18.9 Å². The highest BCUT2D eigenvalue weighted by Gasteiger charge is 2.16. The Morgan fingerprint density at radius 2 is 1.85 bits per heavy atom. The highest BCUT2D eigenvalue weighted by Crippen LogP contribution is 2.11. The van der Waals surface area contributed by atoms with Crippen LogP contribution in [0.2, 0.25) is 0 Å². The minimum absolute atomic E-state index is 0. The fourth-order valence-corrected chi connectivity index (χ4v) is 1.51. The maximum absolute atomic E-state index is 5.46. The average molecular weight is 231 g/mol. The minimum Gasteiger partial charge on any atom is -0.381 e. The van der Waals surface area contributed by atoms with Gasteiger partial charge in [0.05, 0.1) is 0 Å². The molecule has 1 aliphatic heterocycles. The predicted octanol–water partition coefficient (Wildman–Crippen LogP) is 0.899. The van der Waals surface area contributed by atoms with Crippen molar-refractivity contribution in [3.8, 4) is 0 Å². The molecule has 1 aliphatic rings. The lowest BCUT2D eigenvalue weighted by Gasteiger charge is -2.30. The first kappa shape index (κ1) is 15.9. The molecule has 3 nitrogen and oxygen atoms in total. The van der Waals surface area contributed by atoms with Crippen LogP contribution in [0.4, 0.5) is 0 Å². The van der Waals surface area contributed by atoms with Crippen molar-refractivity contribution in [2.24, 2.45) is 5.73 Å². The fourth-order valence-electron chi connectivity index (χ4n) is 1.51. The highest BCUT2D eigenvalue weighted by molar-refractivity contribution is 5.85. The molecule has 0 spiro atoms. The van der Waals surface area contributed by atoms with E-state index in [0.29, 0.717) is 6.04 Å². The Bertz CT molecular complexity index is 110. The molecule has 2 N–H and O–H groups in total. The summed E-state index contributed by atoms with van der Waals surface area (Å²) in [4.78, 5) is 2.34. The summed E-state index contributed by atoms with van der Waals surface area (Å²) in [6, 6.07) is 0.701. The lowest BCUT2D eigenvalue weighted by Crippen LogP contribution is -2.39. The van der Waals surface area contributed by atoms with Crippen LogP contribution in [0.3, 0.4) is 0 Å². The molecule has 0 radical (unpaired) electrons. The zero-order valence-corrected chi connectivity index (χ0v) is 9.70. The molecule has 0 bridgehead atoms. The van der Waals surface area contributed by atoms with Crippen LogP contribution in [-0.4, -0.2) is 44.3 Å². The first-order valence-electron chi connectivity index (χ1n) is 4.32. The Labute approximate surface area is 92.8 Å². The van der Waals surface area contributed by atoms with E-state index in [4.69, 9.17) is 10.5 Å². The highest BCUT2D eigenvalue weighted by atomic mass is 35.5. The molecule has 0 atom stereocenters. The van der Waals surface area contributed by atoms with Crippen LogP contribution in [0.1, 0.15) is 12.8 Å². The van der Waals surface area contributed by atoms with Crippen molar-refractivity contribution in [1.82, 2.24) is 4.90 Å². The van der Waals surface area contributed by atoms with Crippen molar-refractivity contribution in [3.63, 3.8) is 0 Å². The van der Waals surface area contributed by atoms with Gasteiger partial charge in [0.25, 0.3) is 0 Å². The molecule has 0 aliphatic carbocycles. The Kier molecular flexibility index (Phi) is 11.1. The molecular formula is C8H20Cl2N2O. The Balaban J connectivity index is 0. The molecule has 0 aromatic rings. The minimum atomic E-state index is 0. The van der Waals surface area contributed by atoms with Crippen LogP contribution in [-0.2, 0) is 4.74 Å². The van der Waals surface area contributed by atoms with Crippen molar-refractivity contribution < 1.29 is 4.74 Å². The topological polar surface area (TPSA) is 38.5 Å². The number of nitrogens with zero attached hydrogens (tertiary/aromatic N) is 1. The molecule has 1 saturated heterocycles. The van der Waals surface area contributed by atoms with Crippen LogP contribution < -0.4 is 5.73 Å². The quantitative estimate of drug-likeness (QED) is 0.784. The number of halogens is 2. The van der Waals surface area contributed by atoms with Crippen molar-refractivity contribution in [3.05, 3.63) is 0 Å². The maximum Gasteiger partial charge on any atom is 0.0480 e. The van der Waals surface area contributed by atoms with Gasteiger partial charge in [0.15, 0.2) is 0 Å². The van der Waals surface area contributed by atoms with E-state index in [9.17, 15) is 0 Å². The second kappa shape index (κ2) is 9.03. The molecular weight excluding hydrogens is 211 g/mol. The van der Waals surface area contributed by atoms with Crippen LogP contribution in [0.25, 0.3) is 0 Å². The number of hydrogen-bond acceptors (Lipinski definition) is 3. The van der Waals surface area contributed by atoms with Gasteiger partial charge in [-0.2, -0.15) is 0 Å². The summed E-state index contributed by atoms with van der Waals surface area (Å²) in [5, 5.41) is 0. The summed E-state index contributed by atoms with van der Waals surface area (Å²) in [6.07, 6.45) is 2.33. The summed E-state index contributed by atoms with van der Waals surface area (Å²) >= 11 is 0. The van der Waals surface area contributed by atoms with E-state index in [0.717, 1.165) is 39.1 Å². The van der Waals surface area contributed by atoms with E-state index >= 15 is 0 Å². The number of ether oxygens (including phenoxy) is 1. The Morgan fingerprint density at radius 3 is 2.31 bits per heavy atom. The number of hydrogen-bond donors (Lipinski definition) is 1. The second-order valence-corrected chi connectivity index (χ2v) is 3.11. The standard InChI is InChI=1S/C8H18N2O.2ClH/c1-10(5-4-9)8-2-6-11-7-3-8;;/h8H,2-7,9H2,1H3;2*1H. The summed E-state index contributed by atoms with van der Waals surface area (Å²) < 4.78 is 5.27. The molecule has 1 rings (SSSR count). The Morgan fingerprint density at radius 1 is 1.31 bits per heavy atom. The summed E-state index contributed by atoms with van der Waals surface area (Å²) in [5.41, 5.74) is 5.46. The van der Waals surface area contributed by atoms with Gasteiger partial charge in [-0.05, 0) is 19.9 Å². The monoisotopic (exact) mass is 230 g/mol. The Hall–Kier alpha value is 0.460. The zero-order valence-electron chi connectivity index (χ0n) is 8.07. The molecule has 1 heterocycles. The van der Waals surface area contributed by atoms with Crippen molar-refractivity contribution in [1.29, 1.82) is 0 Å². The van der Waals surface area contributed by atoms with Gasteiger partial charge in [-0.3, -0.25) is 0 Å². The average Bonchev–Trinajstić information content (AvgIpc) is 2.07. The van der Waals surface area contributed by atoms with E-state index in [2.05, 4.69) is 11.9 Å². The molecule has 1 fully saturated rings. The number of rotatable bonds is 3. The largest absolute Gasteiger partial charge is 0.381 e. The van der Waals surface area contributed by atoms with E-state index in [-0.39, 0.29) is 24.8 Å². The number of likely N-dealkylation sites (N-methyl/N-ethyl adjacent to an activating group) is 1. The van der Waals surface area contributed by atoms with Crippen molar-refractivity contribution >= 4 is 24.8 Å². The molecule has 0 unspecified atom stereocenters. The van der Waals surface area contributed by atoms with Crippen LogP contribution in [0.5, 0.6) is 0 Å². The smallest absolute Gasteiger partial charge is 0.0480 e. The first-order chi connectivity index (χ1) is 5.34. The van der Waals surface area contributed by atoms with Crippen LogP contribution >= 0.6 is 24.8 Å². The summed E-state index contributed by atoms with van der Waals surface area (Å²) in [7, 11) is 2.14. The molecule has 82 valence electrons. The SMILES string of the molecule is CN(CCN)C1CCOCC1.Cl.Cl. The van der Waals surface area contributed by atoms with Gasteiger partial charge >= 0.3 is 0 Å². The first-order valence-corrected chi connectivity index (χ1v) is 4.32. The van der Waals surface area contributed by atoms with Gasteiger partial charge in [0, 0.05) is 32.3 Å². The van der Waals surface area contributed by atoms with Gasteiger partial charge in [0.1, 0.15) is 0 Å². The van der Waals surface area contributed by atoms with Crippen molar-refractivity contribution in [2.75, 3.05) is 33.4 Å². The van der Waals surface area contributed by atoms with Gasteiger partial charge < -0.3 is 15.4 Å². The summed E-state index contributed by atoms with van der Waals surface area (Å²) in [6.45, 7) is 3.59. The fraction of sp³-hybridized carbons (Fsp3) is 1.00. The predicted molar refractivity (Wildman–Crippen MR) is 60.0 cm³/mol. The second-order valence-electron chi connectivity index (χ2n) is 3.11. The van der Waals surface area contributed by atoms with Gasteiger partial charge in [-0.1, -0.05) is 0 Å². The van der Waals surface area contributed by atoms with E-state index < -0.39 is 0 Å². The zero-order chi connectivity index (χ0) is 8.10. The van der Waals surface area contributed by atoms with Gasteiger partial charge in [-0.25, -0.2) is 0 Å². The number of nitrogens with two attached hydrogens (primary N) is 1. The summed E-state index contributed by atoms with van der Waals surface area (Å²) in [5.74, 6) is 0. The third-order valence-electron chi connectivity index (χ3n) is 2.30. The third-order valence-corrected chi connectivity index (χ3v) is 2.30. The van der Waals surface area contributed by atoms with E-state index in [1.807, 2.05) is 0 Å². The van der Waals surface area contributed by atoms with Gasteiger partial charge in [0.2, 0.25) is 0 Å². The molecule has 0 aromatic carbocycles. The van der Waals surface area contributed by atoms with Crippen LogP contribution in [0, 0.1) is 0 Å².